The molecule has 0 bridgehead atoms. The van der Waals surface area contributed by atoms with Crippen molar-refractivity contribution in [2.45, 2.75) is 24.8 Å². The zero-order chi connectivity index (χ0) is 8.44. The van der Waals surface area contributed by atoms with Crippen molar-refractivity contribution >= 4 is 0 Å². The quantitative estimate of drug-likeness (QED) is 0.616. The van der Waals surface area contributed by atoms with Crippen LogP contribution in [0.15, 0.2) is 12.7 Å². The first-order valence-electron chi connectivity index (χ1n) is 4.97. The van der Waals surface area contributed by atoms with Gasteiger partial charge in [-0.05, 0) is 32.4 Å². The van der Waals surface area contributed by atoms with Gasteiger partial charge in [0.25, 0.3) is 0 Å². The van der Waals surface area contributed by atoms with E-state index in [1.54, 1.807) is 0 Å². The summed E-state index contributed by atoms with van der Waals surface area (Å²) in [5.41, 5.74) is 0.351. The van der Waals surface area contributed by atoms with Crippen LogP contribution in [0.25, 0.3) is 0 Å². The van der Waals surface area contributed by atoms with Crippen LogP contribution in [0.4, 0.5) is 0 Å². The Balaban J connectivity index is 2.05. The lowest BCUT2D eigenvalue weighted by Gasteiger charge is -2.49. The van der Waals surface area contributed by atoms with Crippen LogP contribution in [0.3, 0.4) is 0 Å². The molecule has 2 fully saturated rings. The molecule has 68 valence electrons. The van der Waals surface area contributed by atoms with E-state index >= 15 is 0 Å². The van der Waals surface area contributed by atoms with E-state index in [1.165, 1.54) is 32.4 Å². The second kappa shape index (κ2) is 3.19. The van der Waals surface area contributed by atoms with E-state index in [1.807, 2.05) is 0 Å². The van der Waals surface area contributed by atoms with E-state index < -0.39 is 0 Å². The van der Waals surface area contributed by atoms with Crippen LogP contribution >= 0.6 is 0 Å². The average Bonchev–Trinajstić information content (AvgIpc) is 2.03. The lowest BCUT2D eigenvalue weighted by molar-refractivity contribution is 0.0412. The van der Waals surface area contributed by atoms with Crippen molar-refractivity contribution < 1.29 is 0 Å². The Labute approximate surface area is 74.6 Å². The summed E-state index contributed by atoms with van der Waals surface area (Å²) in [6.45, 7) is 8.87. The van der Waals surface area contributed by atoms with E-state index in [4.69, 9.17) is 0 Å². The van der Waals surface area contributed by atoms with Gasteiger partial charge in [-0.25, -0.2) is 0 Å². The van der Waals surface area contributed by atoms with Crippen molar-refractivity contribution in [1.82, 2.24) is 10.2 Å². The van der Waals surface area contributed by atoms with Crippen molar-refractivity contribution in [1.29, 1.82) is 0 Å². The molecule has 0 spiro atoms. The van der Waals surface area contributed by atoms with E-state index in [2.05, 4.69) is 22.9 Å². The first kappa shape index (κ1) is 8.27. The lowest BCUT2D eigenvalue weighted by atomic mass is 9.84. The third-order valence-electron chi connectivity index (χ3n) is 3.34. The molecular formula is C10H18N2. The number of likely N-dealkylation sites (tertiary alicyclic amines) is 1. The number of hydrogen-bond acceptors (Lipinski definition) is 2. The highest BCUT2D eigenvalue weighted by Crippen LogP contribution is 2.31. The third kappa shape index (κ3) is 1.19. The molecule has 1 N–H and O–H groups in total. The fourth-order valence-corrected chi connectivity index (χ4v) is 2.27. The molecule has 0 aromatic rings. The molecule has 2 heterocycles. The SMILES string of the molecule is C=CC1(N2CCC2)CCNCC1. The molecule has 2 saturated heterocycles. The number of rotatable bonds is 2. The number of nitrogens with one attached hydrogen (secondary N) is 1. The molecule has 0 aromatic heterocycles. The summed E-state index contributed by atoms with van der Waals surface area (Å²) in [5.74, 6) is 0. The van der Waals surface area contributed by atoms with Crippen molar-refractivity contribution in [2.24, 2.45) is 0 Å². The van der Waals surface area contributed by atoms with Crippen LogP contribution in [0.5, 0.6) is 0 Å². The minimum atomic E-state index is 0.351. The molecular weight excluding hydrogens is 148 g/mol. The molecule has 0 unspecified atom stereocenters. The Bertz CT molecular complexity index is 167. The zero-order valence-electron chi connectivity index (χ0n) is 7.68. The number of nitrogens with zero attached hydrogens (tertiary/aromatic N) is 1. The monoisotopic (exact) mass is 166 g/mol. The van der Waals surface area contributed by atoms with Crippen molar-refractivity contribution in [3.63, 3.8) is 0 Å². The third-order valence-corrected chi connectivity index (χ3v) is 3.34. The van der Waals surface area contributed by atoms with Crippen molar-refractivity contribution in [2.75, 3.05) is 26.2 Å². The second-order valence-corrected chi connectivity index (χ2v) is 3.90. The highest BCUT2D eigenvalue weighted by atomic mass is 15.2. The van der Waals surface area contributed by atoms with Crippen molar-refractivity contribution in [3.05, 3.63) is 12.7 Å². The Kier molecular flexibility index (Phi) is 2.20. The Hall–Kier alpha value is -0.340. The lowest BCUT2D eigenvalue weighted by Crippen LogP contribution is -2.58. The Morgan fingerprint density at radius 3 is 2.33 bits per heavy atom. The summed E-state index contributed by atoms with van der Waals surface area (Å²) < 4.78 is 0. The molecule has 0 atom stereocenters. The maximum Gasteiger partial charge on any atom is 0.0412 e. The number of piperidine rings is 1. The van der Waals surface area contributed by atoms with E-state index in [-0.39, 0.29) is 0 Å². The Morgan fingerprint density at radius 2 is 1.92 bits per heavy atom. The standard InChI is InChI=1S/C10H18N2/c1-2-10(12-8-3-9-12)4-6-11-7-5-10/h2,11H,1,3-9H2. The summed E-state index contributed by atoms with van der Waals surface area (Å²) in [7, 11) is 0. The van der Waals surface area contributed by atoms with Gasteiger partial charge in [-0.1, -0.05) is 6.08 Å². The molecule has 2 rings (SSSR count). The molecule has 2 aliphatic rings. The largest absolute Gasteiger partial charge is 0.317 e. The van der Waals surface area contributed by atoms with Gasteiger partial charge in [0, 0.05) is 18.6 Å². The first-order valence-corrected chi connectivity index (χ1v) is 4.97. The molecule has 0 radical (unpaired) electrons. The second-order valence-electron chi connectivity index (χ2n) is 3.90. The fraction of sp³-hybridized carbons (Fsp3) is 0.800. The van der Waals surface area contributed by atoms with Gasteiger partial charge in [-0.2, -0.15) is 0 Å². The van der Waals surface area contributed by atoms with Gasteiger partial charge in [-0.15, -0.1) is 6.58 Å². The predicted molar refractivity (Wildman–Crippen MR) is 51.2 cm³/mol. The van der Waals surface area contributed by atoms with Crippen LogP contribution in [0, 0.1) is 0 Å². The molecule has 0 aromatic carbocycles. The van der Waals surface area contributed by atoms with Gasteiger partial charge in [0.2, 0.25) is 0 Å². The van der Waals surface area contributed by atoms with Crippen LogP contribution in [0.2, 0.25) is 0 Å². The highest BCUT2D eigenvalue weighted by molar-refractivity contribution is 5.08. The van der Waals surface area contributed by atoms with Gasteiger partial charge in [0.05, 0.1) is 0 Å². The van der Waals surface area contributed by atoms with Crippen LogP contribution in [0.1, 0.15) is 19.3 Å². The van der Waals surface area contributed by atoms with Gasteiger partial charge in [0.1, 0.15) is 0 Å². The van der Waals surface area contributed by atoms with E-state index in [0.717, 1.165) is 13.1 Å². The topological polar surface area (TPSA) is 15.3 Å². The molecule has 0 aliphatic carbocycles. The van der Waals surface area contributed by atoms with Gasteiger partial charge in [0.15, 0.2) is 0 Å². The van der Waals surface area contributed by atoms with Gasteiger partial charge in [-0.3, -0.25) is 4.90 Å². The van der Waals surface area contributed by atoms with Gasteiger partial charge >= 0.3 is 0 Å². The predicted octanol–water partition coefficient (Wildman–Crippen LogP) is 1.00. The summed E-state index contributed by atoms with van der Waals surface area (Å²) in [5, 5.41) is 3.40. The molecule has 12 heavy (non-hydrogen) atoms. The maximum atomic E-state index is 3.99. The number of hydrogen-bond donors (Lipinski definition) is 1. The summed E-state index contributed by atoms with van der Waals surface area (Å²) in [4.78, 5) is 2.58. The van der Waals surface area contributed by atoms with E-state index in [9.17, 15) is 0 Å². The summed E-state index contributed by atoms with van der Waals surface area (Å²) >= 11 is 0. The molecule has 0 saturated carbocycles. The maximum absolute atomic E-state index is 3.99. The molecule has 2 aliphatic heterocycles. The van der Waals surface area contributed by atoms with Crippen molar-refractivity contribution in [3.8, 4) is 0 Å². The minimum absolute atomic E-state index is 0.351. The van der Waals surface area contributed by atoms with Gasteiger partial charge < -0.3 is 5.32 Å². The molecule has 2 heteroatoms. The molecule has 2 nitrogen and oxygen atoms in total. The fourth-order valence-electron chi connectivity index (χ4n) is 2.27. The van der Waals surface area contributed by atoms with E-state index in [0.29, 0.717) is 5.54 Å². The van der Waals surface area contributed by atoms with Crippen LogP contribution < -0.4 is 5.32 Å². The average molecular weight is 166 g/mol. The zero-order valence-corrected chi connectivity index (χ0v) is 7.68. The van der Waals surface area contributed by atoms with Crippen LogP contribution in [-0.2, 0) is 0 Å². The minimum Gasteiger partial charge on any atom is -0.317 e. The Morgan fingerprint density at radius 1 is 1.25 bits per heavy atom. The normalized spacial score (nSPS) is 29.3. The summed E-state index contributed by atoms with van der Waals surface area (Å²) in [6.07, 6.45) is 6.04. The van der Waals surface area contributed by atoms with Crippen LogP contribution in [-0.4, -0.2) is 36.6 Å². The first-order chi connectivity index (χ1) is 5.87. The highest BCUT2D eigenvalue weighted by Gasteiger charge is 2.37. The molecule has 0 amide bonds. The summed E-state index contributed by atoms with van der Waals surface area (Å²) in [6, 6.07) is 0. The smallest absolute Gasteiger partial charge is 0.0412 e.